The number of ether oxygens (including phenoxy) is 1. The summed E-state index contributed by atoms with van der Waals surface area (Å²) in [6.45, 7) is 0. The molecule has 0 saturated carbocycles. The molecular weight excluding hydrogens is 363 g/mol. The SMILES string of the molecule is COc1ccc(NC(=O)c2cc(S(N)(=O)=O)ccc2Cl)cc1Cl. The second-order valence-electron chi connectivity index (χ2n) is 4.49. The minimum atomic E-state index is -3.94. The first-order valence-corrected chi connectivity index (χ1v) is 8.50. The van der Waals surface area contributed by atoms with E-state index in [4.69, 9.17) is 33.1 Å². The second-order valence-corrected chi connectivity index (χ2v) is 6.87. The molecule has 0 heterocycles. The van der Waals surface area contributed by atoms with E-state index in [0.717, 1.165) is 6.07 Å². The molecule has 122 valence electrons. The van der Waals surface area contributed by atoms with Crippen LogP contribution in [-0.4, -0.2) is 21.4 Å². The number of anilines is 1. The largest absolute Gasteiger partial charge is 0.495 e. The van der Waals surface area contributed by atoms with Crippen molar-refractivity contribution in [3.05, 3.63) is 52.0 Å². The molecule has 6 nitrogen and oxygen atoms in total. The van der Waals surface area contributed by atoms with Gasteiger partial charge in [0, 0.05) is 5.69 Å². The van der Waals surface area contributed by atoms with Gasteiger partial charge in [-0.2, -0.15) is 0 Å². The molecule has 23 heavy (non-hydrogen) atoms. The normalized spacial score (nSPS) is 11.1. The molecule has 3 N–H and O–H groups in total. The van der Waals surface area contributed by atoms with E-state index in [-0.39, 0.29) is 15.5 Å². The monoisotopic (exact) mass is 374 g/mol. The number of halogens is 2. The molecule has 2 aromatic rings. The van der Waals surface area contributed by atoms with Crippen LogP contribution in [-0.2, 0) is 10.0 Å². The van der Waals surface area contributed by atoms with Crippen molar-refractivity contribution in [1.82, 2.24) is 0 Å². The zero-order chi connectivity index (χ0) is 17.2. The Kier molecular flexibility index (Phi) is 5.16. The third-order valence-corrected chi connectivity index (χ3v) is 4.46. The Labute approximate surface area is 143 Å². The summed E-state index contributed by atoms with van der Waals surface area (Å²) in [7, 11) is -2.47. The number of nitrogens with one attached hydrogen (secondary N) is 1. The second kappa shape index (κ2) is 6.76. The molecule has 0 bridgehead atoms. The van der Waals surface area contributed by atoms with Crippen molar-refractivity contribution in [2.45, 2.75) is 4.90 Å². The van der Waals surface area contributed by atoms with E-state index in [0.29, 0.717) is 16.5 Å². The zero-order valence-corrected chi connectivity index (χ0v) is 14.2. The molecule has 0 radical (unpaired) electrons. The van der Waals surface area contributed by atoms with Crippen molar-refractivity contribution in [3.8, 4) is 5.75 Å². The summed E-state index contributed by atoms with van der Waals surface area (Å²) in [6.07, 6.45) is 0. The Morgan fingerprint density at radius 1 is 1.13 bits per heavy atom. The lowest BCUT2D eigenvalue weighted by Crippen LogP contribution is -2.16. The van der Waals surface area contributed by atoms with Crippen LogP contribution in [0.25, 0.3) is 0 Å². The maximum atomic E-state index is 12.3. The van der Waals surface area contributed by atoms with Gasteiger partial charge in [0.2, 0.25) is 10.0 Å². The predicted octanol–water partition coefficient (Wildman–Crippen LogP) is 2.90. The minimum Gasteiger partial charge on any atom is -0.495 e. The number of benzene rings is 2. The number of hydrogen-bond donors (Lipinski definition) is 2. The highest BCUT2D eigenvalue weighted by atomic mass is 35.5. The summed E-state index contributed by atoms with van der Waals surface area (Å²) in [6, 6.07) is 8.28. The van der Waals surface area contributed by atoms with Crippen molar-refractivity contribution < 1.29 is 17.9 Å². The third-order valence-electron chi connectivity index (χ3n) is 2.92. The maximum absolute atomic E-state index is 12.3. The molecule has 0 unspecified atom stereocenters. The zero-order valence-electron chi connectivity index (χ0n) is 11.8. The van der Waals surface area contributed by atoms with Crippen LogP contribution in [0.4, 0.5) is 5.69 Å². The molecule has 0 atom stereocenters. The van der Waals surface area contributed by atoms with Gasteiger partial charge < -0.3 is 10.1 Å². The minimum absolute atomic E-state index is 0.0230. The lowest BCUT2D eigenvalue weighted by Gasteiger charge is -2.10. The summed E-state index contributed by atoms with van der Waals surface area (Å²) in [5, 5.41) is 8.02. The summed E-state index contributed by atoms with van der Waals surface area (Å²) in [5.41, 5.74) is 0.378. The number of rotatable bonds is 4. The van der Waals surface area contributed by atoms with E-state index in [2.05, 4.69) is 5.32 Å². The number of carbonyl (C=O) groups is 1. The van der Waals surface area contributed by atoms with Gasteiger partial charge in [0.15, 0.2) is 0 Å². The summed E-state index contributed by atoms with van der Waals surface area (Å²) >= 11 is 11.9. The first-order chi connectivity index (χ1) is 10.7. The van der Waals surface area contributed by atoms with Gasteiger partial charge in [-0.3, -0.25) is 4.79 Å². The van der Waals surface area contributed by atoms with Crippen LogP contribution in [0.1, 0.15) is 10.4 Å². The molecule has 0 spiro atoms. The summed E-state index contributed by atoms with van der Waals surface area (Å²) < 4.78 is 27.7. The number of hydrogen-bond acceptors (Lipinski definition) is 4. The maximum Gasteiger partial charge on any atom is 0.257 e. The van der Waals surface area contributed by atoms with Crippen molar-refractivity contribution >= 4 is 44.8 Å². The predicted molar refractivity (Wildman–Crippen MR) is 88.8 cm³/mol. The molecule has 0 aromatic heterocycles. The number of nitrogens with two attached hydrogens (primary N) is 1. The lowest BCUT2D eigenvalue weighted by molar-refractivity contribution is 0.102. The van der Waals surface area contributed by atoms with Gasteiger partial charge >= 0.3 is 0 Å². The van der Waals surface area contributed by atoms with E-state index in [1.54, 1.807) is 12.1 Å². The fraction of sp³-hybridized carbons (Fsp3) is 0.0714. The molecule has 0 aliphatic heterocycles. The van der Waals surface area contributed by atoms with Gasteiger partial charge in [0.25, 0.3) is 5.91 Å². The smallest absolute Gasteiger partial charge is 0.257 e. The third kappa shape index (κ3) is 4.14. The van der Waals surface area contributed by atoms with Crippen LogP contribution in [0.5, 0.6) is 5.75 Å². The van der Waals surface area contributed by atoms with E-state index < -0.39 is 15.9 Å². The van der Waals surface area contributed by atoms with Crippen LogP contribution in [0.15, 0.2) is 41.3 Å². The van der Waals surface area contributed by atoms with E-state index >= 15 is 0 Å². The van der Waals surface area contributed by atoms with E-state index in [9.17, 15) is 13.2 Å². The molecule has 0 aliphatic rings. The Bertz CT molecular complexity index is 869. The molecule has 2 rings (SSSR count). The van der Waals surface area contributed by atoms with Gasteiger partial charge in [-0.15, -0.1) is 0 Å². The summed E-state index contributed by atoms with van der Waals surface area (Å²) in [4.78, 5) is 12.1. The number of amides is 1. The van der Waals surface area contributed by atoms with Crippen LogP contribution >= 0.6 is 23.2 Å². The van der Waals surface area contributed by atoms with Gasteiger partial charge in [0.05, 0.1) is 27.6 Å². The van der Waals surface area contributed by atoms with Gasteiger partial charge in [-0.1, -0.05) is 23.2 Å². The van der Waals surface area contributed by atoms with Crippen LogP contribution in [0, 0.1) is 0 Å². The molecule has 0 aliphatic carbocycles. The molecule has 9 heteroatoms. The Hall–Kier alpha value is -1.80. The Morgan fingerprint density at radius 3 is 2.39 bits per heavy atom. The van der Waals surface area contributed by atoms with Crippen LogP contribution < -0.4 is 15.2 Å². The van der Waals surface area contributed by atoms with Gasteiger partial charge in [-0.25, -0.2) is 13.6 Å². The fourth-order valence-corrected chi connectivity index (χ4v) is 2.80. The van der Waals surface area contributed by atoms with Gasteiger partial charge in [0.1, 0.15) is 5.75 Å². The number of carbonyl (C=O) groups excluding carboxylic acids is 1. The molecular formula is C14H12Cl2N2O4S. The highest BCUT2D eigenvalue weighted by molar-refractivity contribution is 7.89. The van der Waals surface area contributed by atoms with Crippen molar-refractivity contribution in [3.63, 3.8) is 0 Å². The average Bonchev–Trinajstić information content (AvgIpc) is 2.46. The highest BCUT2D eigenvalue weighted by Crippen LogP contribution is 2.28. The fourth-order valence-electron chi connectivity index (χ4n) is 1.80. The number of sulfonamides is 1. The topological polar surface area (TPSA) is 98.5 Å². The molecule has 0 fully saturated rings. The quantitative estimate of drug-likeness (QED) is 0.859. The lowest BCUT2D eigenvalue weighted by atomic mass is 10.2. The summed E-state index contributed by atoms with van der Waals surface area (Å²) in [5.74, 6) is -0.138. The first-order valence-electron chi connectivity index (χ1n) is 6.19. The molecule has 1 amide bonds. The molecule has 0 saturated heterocycles. The van der Waals surface area contributed by atoms with Gasteiger partial charge in [-0.05, 0) is 36.4 Å². The van der Waals surface area contributed by atoms with Crippen molar-refractivity contribution in [2.24, 2.45) is 5.14 Å². The number of methoxy groups -OCH3 is 1. The van der Waals surface area contributed by atoms with E-state index in [1.165, 1.54) is 25.3 Å². The molecule has 2 aromatic carbocycles. The van der Waals surface area contributed by atoms with Crippen molar-refractivity contribution in [1.29, 1.82) is 0 Å². The van der Waals surface area contributed by atoms with E-state index in [1.807, 2.05) is 0 Å². The first kappa shape index (κ1) is 17.6. The number of primary sulfonamides is 1. The highest BCUT2D eigenvalue weighted by Gasteiger charge is 2.16. The van der Waals surface area contributed by atoms with Crippen molar-refractivity contribution in [2.75, 3.05) is 12.4 Å². The standard InChI is InChI=1S/C14H12Cl2N2O4S/c1-22-13-5-2-8(6-12(13)16)18-14(19)10-7-9(23(17,20)21)3-4-11(10)15/h2-7H,1H3,(H,18,19)(H2,17,20,21). The van der Waals surface area contributed by atoms with Crippen LogP contribution in [0.3, 0.4) is 0 Å². The average molecular weight is 375 g/mol. The van der Waals surface area contributed by atoms with Crippen LogP contribution in [0.2, 0.25) is 10.0 Å². The Morgan fingerprint density at radius 2 is 1.83 bits per heavy atom. The Balaban J connectivity index is 2.32.